The second-order valence-corrected chi connectivity index (χ2v) is 7.15. The summed E-state index contributed by atoms with van der Waals surface area (Å²) in [7, 11) is 0. The van der Waals surface area contributed by atoms with Crippen molar-refractivity contribution in [1.82, 2.24) is 5.32 Å². The lowest BCUT2D eigenvalue weighted by atomic mass is 10.1. The molecular formula is C21H22N2O3. The molecule has 3 atom stereocenters. The number of hydrogen-bond acceptors (Lipinski definition) is 3. The molecule has 134 valence electrons. The Morgan fingerprint density at radius 1 is 1.15 bits per heavy atom. The fourth-order valence-corrected chi connectivity index (χ4v) is 3.34. The van der Waals surface area contributed by atoms with E-state index >= 15 is 0 Å². The Bertz CT molecular complexity index is 824. The Morgan fingerprint density at radius 3 is 2.73 bits per heavy atom. The van der Waals surface area contributed by atoms with Crippen molar-refractivity contribution in [2.45, 2.75) is 25.9 Å². The first kappa shape index (κ1) is 16.6. The molecule has 2 aromatic rings. The standard InChI is InChI=1S/C21H22N2O3/c1-13-9-18(13)21(25)23-16-7-4-6-15(10-16)20(24)22-12-17-11-14-5-2-3-8-19(14)26-17/h2-8,10,13,17-18H,9,11-12H2,1H3,(H,22,24)(H,23,25)/t13-,17-,18+/m1/s1. The highest BCUT2D eigenvalue weighted by Gasteiger charge is 2.39. The number of anilines is 1. The molecule has 5 nitrogen and oxygen atoms in total. The molecule has 1 aliphatic carbocycles. The number of ether oxygens (including phenoxy) is 1. The van der Waals surface area contributed by atoms with Gasteiger partial charge < -0.3 is 15.4 Å². The molecule has 5 heteroatoms. The van der Waals surface area contributed by atoms with E-state index in [1.54, 1.807) is 24.3 Å². The van der Waals surface area contributed by atoms with E-state index in [-0.39, 0.29) is 23.8 Å². The molecule has 0 radical (unpaired) electrons. The van der Waals surface area contributed by atoms with Gasteiger partial charge in [-0.05, 0) is 42.2 Å². The number of carbonyl (C=O) groups excluding carboxylic acids is 2. The van der Waals surface area contributed by atoms with Gasteiger partial charge in [0, 0.05) is 23.6 Å². The molecule has 2 aromatic carbocycles. The van der Waals surface area contributed by atoms with Crippen molar-refractivity contribution in [3.05, 3.63) is 59.7 Å². The second-order valence-electron chi connectivity index (χ2n) is 7.15. The largest absolute Gasteiger partial charge is 0.488 e. The zero-order valence-electron chi connectivity index (χ0n) is 14.7. The van der Waals surface area contributed by atoms with Crippen molar-refractivity contribution >= 4 is 17.5 Å². The first-order valence-electron chi connectivity index (χ1n) is 9.04. The minimum absolute atomic E-state index is 0.0344. The summed E-state index contributed by atoms with van der Waals surface area (Å²) in [6, 6.07) is 15.0. The van der Waals surface area contributed by atoms with Gasteiger partial charge >= 0.3 is 0 Å². The normalized spacial score (nSPS) is 22.9. The van der Waals surface area contributed by atoms with Gasteiger partial charge in [0.2, 0.25) is 5.91 Å². The van der Waals surface area contributed by atoms with E-state index in [9.17, 15) is 9.59 Å². The fourth-order valence-electron chi connectivity index (χ4n) is 3.34. The predicted octanol–water partition coefficient (Wildman–Crippen LogP) is 3.01. The number of nitrogens with one attached hydrogen (secondary N) is 2. The molecule has 0 aromatic heterocycles. The smallest absolute Gasteiger partial charge is 0.251 e. The van der Waals surface area contributed by atoms with Crippen LogP contribution in [0, 0.1) is 11.8 Å². The van der Waals surface area contributed by atoms with Crippen LogP contribution in [0.25, 0.3) is 0 Å². The van der Waals surface area contributed by atoms with E-state index < -0.39 is 0 Å². The summed E-state index contributed by atoms with van der Waals surface area (Å²) in [6.45, 7) is 2.52. The molecule has 2 amide bonds. The molecule has 2 aliphatic rings. The van der Waals surface area contributed by atoms with Crippen LogP contribution in [0.5, 0.6) is 5.75 Å². The van der Waals surface area contributed by atoms with Crippen LogP contribution in [-0.2, 0) is 11.2 Å². The highest BCUT2D eigenvalue weighted by Crippen LogP contribution is 2.38. The zero-order chi connectivity index (χ0) is 18.1. The Morgan fingerprint density at radius 2 is 1.96 bits per heavy atom. The third kappa shape index (κ3) is 3.57. The maximum atomic E-state index is 12.4. The Kier molecular flexibility index (Phi) is 4.37. The maximum absolute atomic E-state index is 12.4. The maximum Gasteiger partial charge on any atom is 0.251 e. The number of para-hydroxylation sites is 1. The fraction of sp³-hybridized carbons (Fsp3) is 0.333. The molecule has 0 bridgehead atoms. The van der Waals surface area contributed by atoms with Gasteiger partial charge in [0.05, 0.1) is 6.54 Å². The van der Waals surface area contributed by atoms with Crippen molar-refractivity contribution < 1.29 is 14.3 Å². The number of rotatable bonds is 5. The lowest BCUT2D eigenvalue weighted by Gasteiger charge is -2.12. The van der Waals surface area contributed by atoms with E-state index in [0.29, 0.717) is 23.7 Å². The van der Waals surface area contributed by atoms with E-state index in [4.69, 9.17) is 4.74 Å². The van der Waals surface area contributed by atoms with Crippen molar-refractivity contribution in [2.75, 3.05) is 11.9 Å². The number of hydrogen-bond donors (Lipinski definition) is 2. The lowest BCUT2D eigenvalue weighted by Crippen LogP contribution is -2.34. The predicted molar refractivity (Wildman–Crippen MR) is 99.2 cm³/mol. The Balaban J connectivity index is 1.32. The van der Waals surface area contributed by atoms with Gasteiger partial charge in [0.25, 0.3) is 5.91 Å². The van der Waals surface area contributed by atoms with Gasteiger partial charge in [-0.3, -0.25) is 9.59 Å². The minimum atomic E-state index is -0.166. The Labute approximate surface area is 152 Å². The van der Waals surface area contributed by atoms with Gasteiger partial charge in [-0.1, -0.05) is 31.2 Å². The summed E-state index contributed by atoms with van der Waals surface area (Å²) < 4.78 is 5.84. The molecule has 1 fully saturated rings. The molecule has 1 saturated carbocycles. The first-order chi connectivity index (χ1) is 12.6. The summed E-state index contributed by atoms with van der Waals surface area (Å²) in [6.07, 6.45) is 1.69. The summed E-state index contributed by atoms with van der Waals surface area (Å²) >= 11 is 0. The lowest BCUT2D eigenvalue weighted by molar-refractivity contribution is -0.117. The van der Waals surface area contributed by atoms with Crippen molar-refractivity contribution in [1.29, 1.82) is 0 Å². The summed E-state index contributed by atoms with van der Waals surface area (Å²) in [4.78, 5) is 24.5. The second kappa shape index (κ2) is 6.83. The molecule has 0 spiro atoms. The highest BCUT2D eigenvalue weighted by atomic mass is 16.5. The van der Waals surface area contributed by atoms with Gasteiger partial charge in [0.15, 0.2) is 0 Å². The first-order valence-corrected chi connectivity index (χ1v) is 9.04. The molecule has 26 heavy (non-hydrogen) atoms. The average Bonchev–Trinajstić information content (AvgIpc) is 3.23. The highest BCUT2D eigenvalue weighted by molar-refractivity contribution is 5.98. The quantitative estimate of drug-likeness (QED) is 0.871. The van der Waals surface area contributed by atoms with Crippen LogP contribution < -0.4 is 15.4 Å². The van der Waals surface area contributed by atoms with E-state index in [2.05, 4.69) is 17.6 Å². The van der Waals surface area contributed by atoms with Crippen LogP contribution in [0.1, 0.15) is 29.3 Å². The third-order valence-corrected chi connectivity index (χ3v) is 5.04. The van der Waals surface area contributed by atoms with E-state index in [0.717, 1.165) is 18.6 Å². The molecule has 0 saturated heterocycles. The number of amides is 2. The van der Waals surface area contributed by atoms with Crippen LogP contribution in [-0.4, -0.2) is 24.5 Å². The zero-order valence-corrected chi connectivity index (χ0v) is 14.7. The van der Waals surface area contributed by atoms with Gasteiger partial charge in [-0.2, -0.15) is 0 Å². The molecule has 4 rings (SSSR count). The van der Waals surface area contributed by atoms with E-state index in [1.165, 1.54) is 5.56 Å². The molecular weight excluding hydrogens is 328 g/mol. The van der Waals surface area contributed by atoms with E-state index in [1.807, 2.05) is 24.3 Å². The number of benzene rings is 2. The summed E-state index contributed by atoms with van der Waals surface area (Å²) in [5.74, 6) is 1.32. The van der Waals surface area contributed by atoms with Gasteiger partial charge in [-0.15, -0.1) is 0 Å². The van der Waals surface area contributed by atoms with Crippen LogP contribution in [0.15, 0.2) is 48.5 Å². The van der Waals surface area contributed by atoms with Gasteiger partial charge in [0.1, 0.15) is 11.9 Å². The average molecular weight is 350 g/mol. The van der Waals surface area contributed by atoms with Crippen molar-refractivity contribution in [3.8, 4) is 5.75 Å². The van der Waals surface area contributed by atoms with Crippen LogP contribution in [0.4, 0.5) is 5.69 Å². The van der Waals surface area contributed by atoms with Crippen molar-refractivity contribution in [3.63, 3.8) is 0 Å². The number of fused-ring (bicyclic) bond motifs is 1. The van der Waals surface area contributed by atoms with Crippen LogP contribution in [0.3, 0.4) is 0 Å². The Hall–Kier alpha value is -2.82. The molecule has 0 unspecified atom stereocenters. The van der Waals surface area contributed by atoms with Crippen LogP contribution >= 0.6 is 0 Å². The monoisotopic (exact) mass is 350 g/mol. The molecule has 1 aliphatic heterocycles. The molecule has 1 heterocycles. The van der Waals surface area contributed by atoms with Crippen molar-refractivity contribution in [2.24, 2.45) is 11.8 Å². The summed E-state index contributed by atoms with van der Waals surface area (Å²) in [5, 5.41) is 5.82. The van der Waals surface area contributed by atoms with Crippen LogP contribution in [0.2, 0.25) is 0 Å². The number of carbonyl (C=O) groups is 2. The van der Waals surface area contributed by atoms with Gasteiger partial charge in [-0.25, -0.2) is 0 Å². The topological polar surface area (TPSA) is 67.4 Å². The minimum Gasteiger partial charge on any atom is -0.488 e. The molecule has 2 N–H and O–H groups in total. The summed E-state index contributed by atoms with van der Waals surface area (Å²) in [5.41, 5.74) is 2.36. The third-order valence-electron chi connectivity index (χ3n) is 5.04. The SMILES string of the molecule is C[C@@H]1C[C@@H]1C(=O)Nc1cccc(C(=O)NC[C@H]2Cc3ccccc3O2)c1.